The zero-order valence-electron chi connectivity index (χ0n) is 12.6. The molecule has 1 atom stereocenters. The van der Waals surface area contributed by atoms with Gasteiger partial charge in [0.05, 0.1) is 21.9 Å². The fraction of sp³-hybridized carbons (Fsp3) is 0.333. The summed E-state index contributed by atoms with van der Waals surface area (Å²) in [6.07, 6.45) is 0. The zero-order chi connectivity index (χ0) is 16.3. The Morgan fingerprint density at radius 1 is 1.50 bits per heavy atom. The maximum Gasteiger partial charge on any atom is 0.270 e. The minimum atomic E-state index is -0.517. The monoisotopic (exact) mass is 300 g/mol. The maximum absolute atomic E-state index is 10.7. The smallest absolute Gasteiger partial charge is 0.270 e. The number of aromatic nitrogens is 1. The molecular weight excluding hydrogens is 284 g/mol. The van der Waals surface area contributed by atoms with Crippen LogP contribution in [0.5, 0.6) is 0 Å². The molecular formula is C15H16N4O3. The minimum Gasteiger partial charge on any atom is -0.383 e. The van der Waals surface area contributed by atoms with E-state index in [1.165, 1.54) is 12.1 Å². The van der Waals surface area contributed by atoms with E-state index in [9.17, 15) is 10.1 Å². The second-order valence-electron chi connectivity index (χ2n) is 5.12. The molecule has 2 rings (SSSR count). The molecule has 0 aliphatic carbocycles. The van der Waals surface area contributed by atoms with Crippen molar-refractivity contribution in [3.8, 4) is 6.07 Å². The highest BCUT2D eigenvalue weighted by Gasteiger charge is 2.17. The van der Waals surface area contributed by atoms with E-state index in [4.69, 9.17) is 9.78 Å². The van der Waals surface area contributed by atoms with E-state index in [0.717, 1.165) is 17.0 Å². The van der Waals surface area contributed by atoms with Crippen LogP contribution in [0, 0.1) is 35.3 Å². The van der Waals surface area contributed by atoms with Crippen molar-refractivity contribution in [2.75, 3.05) is 11.9 Å². The summed E-state index contributed by atoms with van der Waals surface area (Å²) in [6, 6.07) is 6.17. The first kappa shape index (κ1) is 15.5. The van der Waals surface area contributed by atoms with Crippen molar-refractivity contribution in [3.63, 3.8) is 0 Å². The van der Waals surface area contributed by atoms with Crippen molar-refractivity contribution in [2.45, 2.75) is 26.7 Å². The van der Waals surface area contributed by atoms with Gasteiger partial charge in [0.1, 0.15) is 11.8 Å². The third kappa shape index (κ3) is 3.06. The van der Waals surface area contributed by atoms with Crippen molar-refractivity contribution in [1.82, 2.24) is 5.16 Å². The number of rotatable bonds is 5. The van der Waals surface area contributed by atoms with Crippen molar-refractivity contribution in [3.05, 3.63) is 50.9 Å². The molecule has 0 saturated heterocycles. The molecule has 0 fully saturated rings. The summed E-state index contributed by atoms with van der Waals surface area (Å²) in [5, 5.41) is 26.9. The average molecular weight is 300 g/mol. The van der Waals surface area contributed by atoms with Gasteiger partial charge in [0.25, 0.3) is 5.69 Å². The van der Waals surface area contributed by atoms with Gasteiger partial charge in [0.2, 0.25) is 0 Å². The van der Waals surface area contributed by atoms with Crippen LogP contribution in [-0.2, 0) is 0 Å². The van der Waals surface area contributed by atoms with Crippen LogP contribution < -0.4 is 5.32 Å². The van der Waals surface area contributed by atoms with Crippen LogP contribution in [0.3, 0.4) is 0 Å². The van der Waals surface area contributed by atoms with Gasteiger partial charge in [-0.05, 0) is 19.9 Å². The fourth-order valence-corrected chi connectivity index (χ4v) is 2.45. The lowest BCUT2D eigenvalue weighted by molar-refractivity contribution is -0.384. The van der Waals surface area contributed by atoms with Crippen LogP contribution >= 0.6 is 0 Å². The number of nitrogens with zero attached hydrogens (tertiary/aromatic N) is 3. The summed E-state index contributed by atoms with van der Waals surface area (Å²) in [7, 11) is 0. The summed E-state index contributed by atoms with van der Waals surface area (Å²) < 4.78 is 5.15. The van der Waals surface area contributed by atoms with Crippen LogP contribution in [0.25, 0.3) is 0 Å². The van der Waals surface area contributed by atoms with Gasteiger partial charge in [-0.3, -0.25) is 10.1 Å². The Morgan fingerprint density at radius 2 is 2.23 bits per heavy atom. The molecule has 0 saturated carbocycles. The molecule has 0 radical (unpaired) electrons. The number of non-ortho nitro benzene ring substituents is 1. The van der Waals surface area contributed by atoms with E-state index < -0.39 is 4.92 Å². The number of aryl methyl sites for hydroxylation is 2. The van der Waals surface area contributed by atoms with E-state index in [2.05, 4.69) is 10.5 Å². The fourth-order valence-electron chi connectivity index (χ4n) is 2.45. The molecule has 7 heteroatoms. The summed E-state index contributed by atoms with van der Waals surface area (Å²) in [5.74, 6) is 0.906. The Morgan fingerprint density at radius 3 is 2.77 bits per heavy atom. The Hall–Kier alpha value is -2.88. The first-order chi connectivity index (χ1) is 10.4. The standard InChI is InChI=1S/C15H16N4O3/c1-9(15-10(2)18-22-11(15)3)8-17-14-5-4-13(19(20)21)6-12(14)7-16/h4-6,9,17H,8H2,1-3H3/t9-/m1/s1. The number of nitro groups is 1. The molecule has 0 bridgehead atoms. The van der Waals surface area contributed by atoms with Crippen LogP contribution in [0.1, 0.15) is 35.4 Å². The Kier molecular flexibility index (Phi) is 4.41. The van der Waals surface area contributed by atoms with Crippen LogP contribution in [0.2, 0.25) is 0 Å². The normalized spacial score (nSPS) is 11.7. The van der Waals surface area contributed by atoms with Crippen LogP contribution in [-0.4, -0.2) is 16.6 Å². The van der Waals surface area contributed by atoms with Crippen molar-refractivity contribution in [1.29, 1.82) is 5.26 Å². The van der Waals surface area contributed by atoms with E-state index >= 15 is 0 Å². The molecule has 0 amide bonds. The molecule has 0 spiro atoms. The minimum absolute atomic E-state index is 0.0964. The predicted molar refractivity (Wildman–Crippen MR) is 80.7 cm³/mol. The van der Waals surface area contributed by atoms with Gasteiger partial charge in [-0.1, -0.05) is 12.1 Å². The number of nitro benzene ring substituents is 1. The van der Waals surface area contributed by atoms with Gasteiger partial charge >= 0.3 is 0 Å². The third-order valence-corrected chi connectivity index (χ3v) is 3.51. The summed E-state index contributed by atoms with van der Waals surface area (Å²) in [4.78, 5) is 10.2. The average Bonchev–Trinajstić information content (AvgIpc) is 2.83. The molecule has 0 aliphatic heterocycles. The van der Waals surface area contributed by atoms with Crippen LogP contribution in [0.15, 0.2) is 22.7 Å². The van der Waals surface area contributed by atoms with E-state index in [1.54, 1.807) is 6.07 Å². The predicted octanol–water partition coefficient (Wildman–Crippen LogP) is 3.29. The molecule has 1 heterocycles. The molecule has 114 valence electrons. The second kappa shape index (κ2) is 6.26. The lowest BCUT2D eigenvalue weighted by Crippen LogP contribution is -2.12. The largest absolute Gasteiger partial charge is 0.383 e. The zero-order valence-corrected chi connectivity index (χ0v) is 12.6. The molecule has 1 N–H and O–H groups in total. The van der Waals surface area contributed by atoms with E-state index in [1.807, 2.05) is 26.8 Å². The van der Waals surface area contributed by atoms with Gasteiger partial charge in [0, 0.05) is 30.2 Å². The molecule has 1 aromatic heterocycles. The number of hydrogen-bond acceptors (Lipinski definition) is 6. The first-order valence-electron chi connectivity index (χ1n) is 6.79. The lowest BCUT2D eigenvalue weighted by atomic mass is 9.99. The van der Waals surface area contributed by atoms with Crippen molar-refractivity contribution < 1.29 is 9.45 Å². The lowest BCUT2D eigenvalue weighted by Gasteiger charge is -2.14. The quantitative estimate of drug-likeness (QED) is 0.671. The molecule has 2 aromatic rings. The second-order valence-corrected chi connectivity index (χ2v) is 5.12. The molecule has 0 unspecified atom stereocenters. The Balaban J connectivity index is 2.15. The molecule has 1 aromatic carbocycles. The number of nitrogens with one attached hydrogen (secondary N) is 1. The highest BCUT2D eigenvalue weighted by atomic mass is 16.6. The number of benzene rings is 1. The van der Waals surface area contributed by atoms with Gasteiger partial charge in [0.15, 0.2) is 0 Å². The SMILES string of the molecule is Cc1noc(C)c1[C@H](C)CNc1ccc([N+](=O)[O-])cc1C#N. The number of nitriles is 1. The highest BCUT2D eigenvalue weighted by Crippen LogP contribution is 2.25. The molecule has 0 aliphatic rings. The van der Waals surface area contributed by atoms with Gasteiger partial charge in [-0.25, -0.2) is 0 Å². The topological polar surface area (TPSA) is 105 Å². The number of anilines is 1. The van der Waals surface area contributed by atoms with E-state index in [0.29, 0.717) is 12.2 Å². The van der Waals surface area contributed by atoms with Gasteiger partial charge in [-0.2, -0.15) is 5.26 Å². The highest BCUT2D eigenvalue weighted by molar-refractivity contribution is 5.61. The third-order valence-electron chi connectivity index (χ3n) is 3.51. The van der Waals surface area contributed by atoms with Crippen molar-refractivity contribution >= 4 is 11.4 Å². The molecule has 7 nitrogen and oxygen atoms in total. The molecule has 22 heavy (non-hydrogen) atoms. The van der Waals surface area contributed by atoms with Crippen LogP contribution in [0.4, 0.5) is 11.4 Å². The van der Waals surface area contributed by atoms with Gasteiger partial charge in [-0.15, -0.1) is 0 Å². The first-order valence-corrected chi connectivity index (χ1v) is 6.79. The van der Waals surface area contributed by atoms with Gasteiger partial charge < -0.3 is 9.84 Å². The summed E-state index contributed by atoms with van der Waals surface area (Å²) in [5.41, 5.74) is 2.61. The summed E-state index contributed by atoms with van der Waals surface area (Å²) in [6.45, 7) is 6.33. The maximum atomic E-state index is 10.7. The van der Waals surface area contributed by atoms with E-state index in [-0.39, 0.29) is 17.2 Å². The van der Waals surface area contributed by atoms with Crippen molar-refractivity contribution in [2.24, 2.45) is 0 Å². The Bertz CT molecular complexity index is 726. The summed E-state index contributed by atoms with van der Waals surface area (Å²) >= 11 is 0. The Labute approximate surface area is 127 Å². The number of hydrogen-bond donors (Lipinski definition) is 1.